The molecule has 3 nitrogen and oxygen atoms in total. The van der Waals surface area contributed by atoms with Crippen LogP contribution in [0, 0.1) is 0 Å². The van der Waals surface area contributed by atoms with Crippen molar-refractivity contribution in [2.45, 2.75) is 124 Å². The van der Waals surface area contributed by atoms with Crippen LogP contribution in [0.15, 0.2) is 12.2 Å². The highest BCUT2D eigenvalue weighted by Crippen LogP contribution is 2.13. The zero-order valence-corrected chi connectivity index (χ0v) is 20.7. The van der Waals surface area contributed by atoms with Crippen molar-refractivity contribution in [3.8, 4) is 0 Å². The molecule has 0 spiro atoms. The van der Waals surface area contributed by atoms with Crippen LogP contribution in [0.3, 0.4) is 0 Å². The Morgan fingerprint density at radius 2 is 0.897 bits per heavy atom. The molecule has 0 rings (SSSR count). The van der Waals surface area contributed by atoms with Crippen LogP contribution < -0.4 is 5.11 Å². The van der Waals surface area contributed by atoms with Gasteiger partial charge in [-0.05, 0) is 38.2 Å². The van der Waals surface area contributed by atoms with Crippen molar-refractivity contribution >= 4 is 5.97 Å². The Bertz CT molecular complexity index is 343. The number of nitrogens with zero attached hydrogens (tertiary/aromatic N) is 1. The summed E-state index contributed by atoms with van der Waals surface area (Å²) < 4.78 is 1.24. The lowest BCUT2D eigenvalue weighted by Crippen LogP contribution is -2.41. The molecule has 0 heterocycles. The van der Waals surface area contributed by atoms with E-state index in [4.69, 9.17) is 0 Å². The number of hydrogen-bond donors (Lipinski definition) is 0. The average molecular weight is 412 g/mol. The fraction of sp³-hybridized carbons (Fsp3) is 0.885. The Balaban J connectivity index is 0. The second kappa shape index (κ2) is 21.9. The van der Waals surface area contributed by atoms with Crippen LogP contribution in [0.5, 0.6) is 0 Å². The van der Waals surface area contributed by atoms with Gasteiger partial charge in [0.05, 0.1) is 33.2 Å². The van der Waals surface area contributed by atoms with Crippen molar-refractivity contribution < 1.29 is 14.4 Å². The fourth-order valence-electron chi connectivity index (χ4n) is 3.46. The first-order chi connectivity index (χ1) is 13.8. The van der Waals surface area contributed by atoms with Gasteiger partial charge >= 0.3 is 0 Å². The van der Waals surface area contributed by atoms with Gasteiger partial charge in [0.25, 0.3) is 0 Å². The third-order valence-corrected chi connectivity index (χ3v) is 5.58. The largest absolute Gasteiger partial charge is 0.545 e. The van der Waals surface area contributed by atoms with Crippen molar-refractivity contribution in [3.05, 3.63) is 12.2 Å². The van der Waals surface area contributed by atoms with E-state index < -0.39 is 5.97 Å². The van der Waals surface area contributed by atoms with E-state index in [1.807, 2.05) is 0 Å². The molecule has 0 atom stereocenters. The van der Waals surface area contributed by atoms with E-state index in [1.165, 1.54) is 127 Å². The highest BCUT2D eigenvalue weighted by Gasteiger charge is 2.13. The van der Waals surface area contributed by atoms with Crippen LogP contribution in [0.25, 0.3) is 0 Å². The zero-order valence-electron chi connectivity index (χ0n) is 20.7. The van der Waals surface area contributed by atoms with Crippen molar-refractivity contribution in [1.29, 1.82) is 0 Å². The van der Waals surface area contributed by atoms with Crippen LogP contribution >= 0.6 is 0 Å². The summed E-state index contributed by atoms with van der Waals surface area (Å²) >= 11 is 0. The smallest absolute Gasteiger partial charge is 0.0782 e. The number of aliphatic carboxylic acids is 1. The summed E-state index contributed by atoms with van der Waals surface area (Å²) in [6, 6.07) is 0. The minimum absolute atomic E-state index is 0.0648. The van der Waals surface area contributed by atoms with E-state index >= 15 is 0 Å². The van der Waals surface area contributed by atoms with E-state index in [2.05, 4.69) is 34.5 Å². The minimum Gasteiger partial charge on any atom is -0.545 e. The van der Waals surface area contributed by atoms with Gasteiger partial charge in [0.15, 0.2) is 0 Å². The molecule has 0 aromatic carbocycles. The van der Waals surface area contributed by atoms with E-state index in [1.54, 1.807) is 0 Å². The summed E-state index contributed by atoms with van der Waals surface area (Å²) in [5.74, 6) is -1.19. The number of rotatable bonds is 19. The maximum absolute atomic E-state index is 9.49. The van der Waals surface area contributed by atoms with Gasteiger partial charge in [-0.3, -0.25) is 0 Å². The molecule has 174 valence electrons. The van der Waals surface area contributed by atoms with E-state index in [-0.39, 0.29) is 5.57 Å². The van der Waals surface area contributed by atoms with E-state index in [0.29, 0.717) is 0 Å². The third-order valence-electron chi connectivity index (χ3n) is 5.58. The standard InChI is InChI=1S/C22H48N.C4H6O2/c1-5-7-9-11-13-15-17-19-21-23(3,4)22-20-18-16-14-12-10-8-6-2;1-3(2)4(5)6/h5-22H2,1-4H3;1H2,2H3,(H,5,6)/q+1;/p-1. The predicted molar refractivity (Wildman–Crippen MR) is 127 cm³/mol. The first-order valence-electron chi connectivity index (χ1n) is 12.5. The molecule has 29 heavy (non-hydrogen) atoms. The fourth-order valence-corrected chi connectivity index (χ4v) is 3.46. The molecule has 0 amide bonds. The topological polar surface area (TPSA) is 40.1 Å². The number of carboxylic acid groups (broad SMARTS) is 1. The number of quaternary nitrogens is 1. The molecule has 0 aliphatic rings. The first-order valence-corrected chi connectivity index (χ1v) is 12.5. The molecule has 0 unspecified atom stereocenters. The monoisotopic (exact) mass is 411 g/mol. The van der Waals surface area contributed by atoms with Gasteiger partial charge in [-0.2, -0.15) is 0 Å². The number of carbonyl (C=O) groups excluding carboxylic acids is 1. The Labute approximate surface area is 183 Å². The number of carboxylic acids is 1. The number of hydrogen-bond acceptors (Lipinski definition) is 2. The van der Waals surface area contributed by atoms with Gasteiger partial charge in [0.1, 0.15) is 0 Å². The maximum atomic E-state index is 9.49. The van der Waals surface area contributed by atoms with Crippen molar-refractivity contribution in [2.24, 2.45) is 0 Å². The molecule has 0 aliphatic heterocycles. The van der Waals surface area contributed by atoms with Gasteiger partial charge in [-0.15, -0.1) is 0 Å². The number of unbranched alkanes of at least 4 members (excludes halogenated alkanes) is 14. The molecule has 0 bridgehead atoms. The lowest BCUT2D eigenvalue weighted by Gasteiger charge is -2.30. The summed E-state index contributed by atoms with van der Waals surface area (Å²) in [6.45, 7) is 11.8. The van der Waals surface area contributed by atoms with E-state index in [0.717, 1.165) is 0 Å². The highest BCUT2D eigenvalue weighted by molar-refractivity contribution is 5.82. The zero-order chi connectivity index (χ0) is 22.4. The maximum Gasteiger partial charge on any atom is 0.0782 e. The van der Waals surface area contributed by atoms with E-state index in [9.17, 15) is 9.90 Å². The van der Waals surface area contributed by atoms with Crippen LogP contribution in [0.1, 0.15) is 124 Å². The predicted octanol–water partition coefficient (Wildman–Crippen LogP) is 6.66. The molecule has 0 aromatic rings. The molecule has 0 aromatic heterocycles. The van der Waals surface area contributed by atoms with Crippen LogP contribution in [-0.2, 0) is 4.79 Å². The summed E-state index contributed by atoms with van der Waals surface area (Å²) in [7, 11) is 4.87. The second-order valence-corrected chi connectivity index (χ2v) is 9.40. The van der Waals surface area contributed by atoms with Gasteiger partial charge in [0.2, 0.25) is 0 Å². The Morgan fingerprint density at radius 1 is 0.655 bits per heavy atom. The van der Waals surface area contributed by atoms with Crippen LogP contribution in [0.4, 0.5) is 0 Å². The minimum atomic E-state index is -1.19. The molecule has 0 radical (unpaired) electrons. The molecule has 0 N–H and O–H groups in total. The highest BCUT2D eigenvalue weighted by atomic mass is 16.4. The van der Waals surface area contributed by atoms with Gasteiger partial charge < -0.3 is 14.4 Å². The van der Waals surface area contributed by atoms with Crippen LogP contribution in [0.2, 0.25) is 0 Å². The van der Waals surface area contributed by atoms with Crippen molar-refractivity contribution in [3.63, 3.8) is 0 Å². The molecule has 0 fully saturated rings. The van der Waals surface area contributed by atoms with Gasteiger partial charge in [-0.25, -0.2) is 0 Å². The van der Waals surface area contributed by atoms with Crippen LogP contribution in [-0.4, -0.2) is 37.6 Å². The molecule has 3 heteroatoms. The molecule has 0 saturated carbocycles. The average Bonchev–Trinajstić information content (AvgIpc) is 2.66. The molecule has 0 aliphatic carbocycles. The normalized spacial score (nSPS) is 11.1. The molecular weight excluding hydrogens is 358 g/mol. The Morgan fingerprint density at radius 3 is 1.14 bits per heavy atom. The quantitative estimate of drug-likeness (QED) is 0.135. The lowest BCUT2D eigenvalue weighted by molar-refractivity contribution is -0.890. The first kappa shape index (κ1) is 30.4. The van der Waals surface area contributed by atoms with Gasteiger partial charge in [-0.1, -0.05) is 97.5 Å². The van der Waals surface area contributed by atoms with Gasteiger partial charge in [0, 0.05) is 0 Å². The lowest BCUT2D eigenvalue weighted by atomic mass is 10.1. The summed E-state index contributed by atoms with van der Waals surface area (Å²) in [5.41, 5.74) is 0.0648. The SMILES string of the molecule is C=C(C)C(=O)[O-].CCCCCCCCCC[N+](C)(C)CCCCCCCCCC. The van der Waals surface area contributed by atoms with Crippen molar-refractivity contribution in [1.82, 2.24) is 0 Å². The second-order valence-electron chi connectivity index (χ2n) is 9.40. The number of carbonyl (C=O) groups is 1. The van der Waals surface area contributed by atoms with Crippen molar-refractivity contribution in [2.75, 3.05) is 27.2 Å². The summed E-state index contributed by atoms with van der Waals surface area (Å²) in [4.78, 5) is 9.49. The Hall–Kier alpha value is -0.830. The summed E-state index contributed by atoms with van der Waals surface area (Å²) in [5, 5.41) is 9.49. The Kier molecular flexibility index (Phi) is 22.9. The molecule has 0 saturated heterocycles. The third kappa shape index (κ3) is 27.2. The molecular formula is C26H53NO2. The summed E-state index contributed by atoms with van der Waals surface area (Å²) in [6.07, 6.45) is 23.0.